The maximum absolute atomic E-state index is 12.1. The van der Waals surface area contributed by atoms with Crippen LogP contribution in [0, 0.1) is 52.3 Å². The van der Waals surface area contributed by atoms with E-state index < -0.39 is 6.10 Å². The Morgan fingerprint density at radius 1 is 1.06 bits per heavy atom. The van der Waals surface area contributed by atoms with Gasteiger partial charge in [-0.05, 0) is 109 Å². The molecule has 0 aromatic rings. The molecule has 0 spiro atoms. The summed E-state index contributed by atoms with van der Waals surface area (Å²) in [5, 5.41) is 11.1. The molecule has 0 saturated heterocycles. The van der Waals surface area contributed by atoms with E-state index in [9.17, 15) is 9.90 Å². The van der Waals surface area contributed by atoms with Crippen LogP contribution < -0.4 is 0 Å². The second-order valence-corrected chi connectivity index (χ2v) is 12.8. The van der Waals surface area contributed by atoms with Crippen LogP contribution >= 0.6 is 0 Å². The van der Waals surface area contributed by atoms with Gasteiger partial charge in [0.2, 0.25) is 0 Å². The molecule has 0 aromatic carbocycles. The van der Waals surface area contributed by atoms with E-state index in [4.69, 9.17) is 0 Å². The molecule has 3 fully saturated rings. The number of fused-ring (bicyclic) bond motifs is 5. The van der Waals surface area contributed by atoms with Crippen LogP contribution in [-0.2, 0) is 4.79 Å². The van der Waals surface area contributed by atoms with E-state index >= 15 is 0 Å². The van der Waals surface area contributed by atoms with Crippen molar-refractivity contribution < 1.29 is 9.90 Å². The predicted octanol–water partition coefficient (Wildman–Crippen LogP) is 7.20. The Labute approximate surface area is 191 Å². The summed E-state index contributed by atoms with van der Waals surface area (Å²) in [6, 6.07) is 0. The van der Waals surface area contributed by atoms with Crippen LogP contribution in [0.2, 0.25) is 0 Å². The van der Waals surface area contributed by atoms with Crippen molar-refractivity contribution in [1.82, 2.24) is 0 Å². The van der Waals surface area contributed by atoms with Gasteiger partial charge < -0.3 is 5.11 Å². The number of hydrogen-bond acceptors (Lipinski definition) is 2. The summed E-state index contributed by atoms with van der Waals surface area (Å²) >= 11 is 0. The smallest absolute Gasteiger partial charge is 0.155 e. The van der Waals surface area contributed by atoms with Gasteiger partial charge in [0.1, 0.15) is 0 Å². The minimum absolute atomic E-state index is 0.0485. The summed E-state index contributed by atoms with van der Waals surface area (Å²) in [5.41, 5.74) is 1.57. The van der Waals surface area contributed by atoms with Crippen LogP contribution in [0.1, 0.15) is 106 Å². The molecule has 3 saturated carbocycles. The normalized spacial score (nSPS) is 44.3. The Kier molecular flexibility index (Phi) is 6.54. The van der Waals surface area contributed by atoms with Gasteiger partial charge in [0, 0.05) is 6.42 Å². The molecule has 4 aliphatic rings. The molecule has 31 heavy (non-hydrogen) atoms. The van der Waals surface area contributed by atoms with Crippen LogP contribution in [0.5, 0.6) is 0 Å². The van der Waals surface area contributed by atoms with Crippen molar-refractivity contribution in [3.05, 3.63) is 11.6 Å². The number of aliphatic hydroxyl groups excluding tert-OH is 1. The molecule has 2 nitrogen and oxygen atoms in total. The first kappa shape index (κ1) is 23.5. The van der Waals surface area contributed by atoms with Crippen LogP contribution in [0.4, 0.5) is 0 Å². The number of rotatable bonds is 6. The molecule has 0 amide bonds. The lowest BCUT2D eigenvalue weighted by Crippen LogP contribution is -2.54. The molecule has 0 bridgehead atoms. The molecular weight excluding hydrogens is 380 g/mol. The minimum atomic E-state index is -0.398. The molecule has 4 aliphatic carbocycles. The molecule has 9 atom stereocenters. The molecule has 4 rings (SSSR count). The van der Waals surface area contributed by atoms with Crippen molar-refractivity contribution in [2.24, 2.45) is 52.3 Å². The highest BCUT2D eigenvalue weighted by Gasteiger charge is 2.60. The highest BCUT2D eigenvalue weighted by atomic mass is 16.3. The van der Waals surface area contributed by atoms with Crippen LogP contribution in [-0.4, -0.2) is 17.0 Å². The summed E-state index contributed by atoms with van der Waals surface area (Å²) in [7, 11) is 0. The Balaban J connectivity index is 1.51. The van der Waals surface area contributed by atoms with Crippen molar-refractivity contribution in [2.45, 2.75) is 112 Å². The van der Waals surface area contributed by atoms with Gasteiger partial charge in [-0.2, -0.15) is 0 Å². The van der Waals surface area contributed by atoms with Crippen molar-refractivity contribution >= 4 is 5.78 Å². The zero-order valence-corrected chi connectivity index (χ0v) is 21.1. The third-order valence-electron chi connectivity index (χ3n) is 11.2. The van der Waals surface area contributed by atoms with Gasteiger partial charge in [0.25, 0.3) is 0 Å². The number of ketones is 1. The van der Waals surface area contributed by atoms with E-state index in [1.807, 2.05) is 6.08 Å². The monoisotopic (exact) mass is 428 g/mol. The SMILES string of the molecule is CC[C@H](CC[C@@H](C)C1CCC2C3C[C@@H](O)C4=CC(=O)CC[C@]4(C)C3CC[C@@]21C)C(C)C. The van der Waals surface area contributed by atoms with E-state index in [1.54, 1.807) is 0 Å². The lowest BCUT2D eigenvalue weighted by Gasteiger charge is -2.59. The Hall–Kier alpha value is -0.630. The van der Waals surface area contributed by atoms with Gasteiger partial charge in [0.15, 0.2) is 5.78 Å². The lowest BCUT2D eigenvalue weighted by molar-refractivity contribution is -0.119. The van der Waals surface area contributed by atoms with Gasteiger partial charge in [-0.3, -0.25) is 4.79 Å². The zero-order valence-electron chi connectivity index (χ0n) is 21.1. The molecule has 0 aromatic heterocycles. The fourth-order valence-corrected chi connectivity index (χ4v) is 9.27. The maximum atomic E-state index is 12.1. The highest BCUT2D eigenvalue weighted by molar-refractivity contribution is 5.91. The Morgan fingerprint density at radius 3 is 2.48 bits per heavy atom. The zero-order chi connectivity index (χ0) is 22.6. The van der Waals surface area contributed by atoms with E-state index in [0.717, 1.165) is 48.0 Å². The number of aliphatic hydroxyl groups is 1. The molecule has 4 unspecified atom stereocenters. The highest BCUT2D eigenvalue weighted by Crippen LogP contribution is 2.67. The van der Waals surface area contributed by atoms with E-state index in [-0.39, 0.29) is 11.2 Å². The Bertz CT molecular complexity index is 708. The van der Waals surface area contributed by atoms with E-state index in [1.165, 1.54) is 44.9 Å². The first-order valence-electron chi connectivity index (χ1n) is 13.5. The average molecular weight is 429 g/mol. The molecule has 1 N–H and O–H groups in total. The van der Waals surface area contributed by atoms with Gasteiger partial charge in [-0.25, -0.2) is 0 Å². The fraction of sp³-hybridized carbons (Fsp3) is 0.897. The van der Waals surface area contributed by atoms with Gasteiger partial charge in [-0.15, -0.1) is 0 Å². The summed E-state index contributed by atoms with van der Waals surface area (Å²) in [4.78, 5) is 12.1. The maximum Gasteiger partial charge on any atom is 0.155 e. The third kappa shape index (κ3) is 3.87. The predicted molar refractivity (Wildman–Crippen MR) is 129 cm³/mol. The minimum Gasteiger partial charge on any atom is -0.389 e. The van der Waals surface area contributed by atoms with Crippen molar-refractivity contribution in [1.29, 1.82) is 0 Å². The third-order valence-corrected chi connectivity index (χ3v) is 11.2. The quantitative estimate of drug-likeness (QED) is 0.485. The largest absolute Gasteiger partial charge is 0.389 e. The second kappa shape index (κ2) is 8.62. The first-order valence-corrected chi connectivity index (χ1v) is 13.5. The van der Waals surface area contributed by atoms with Crippen molar-refractivity contribution in [2.75, 3.05) is 0 Å². The molecule has 0 radical (unpaired) electrons. The summed E-state index contributed by atoms with van der Waals surface area (Å²) in [5.74, 6) is 5.62. The Morgan fingerprint density at radius 2 is 1.81 bits per heavy atom. The molecule has 0 aliphatic heterocycles. The lowest BCUT2D eigenvalue weighted by atomic mass is 9.46. The van der Waals surface area contributed by atoms with Gasteiger partial charge >= 0.3 is 0 Å². The number of carbonyl (C=O) groups is 1. The standard InChI is InChI=1S/C29H48O2/c1-7-20(18(2)3)9-8-19(4)23-10-11-24-22-17-27(31)26-16-21(30)12-14-29(26,6)25(22)13-15-28(23,24)5/h16,18-20,22-25,27,31H,7-15,17H2,1-6H3/t19-,20-,22?,23?,24?,25?,27-,28-,29-/m1/s1. The average Bonchev–Trinajstić information content (AvgIpc) is 3.07. The second-order valence-electron chi connectivity index (χ2n) is 12.8. The summed E-state index contributed by atoms with van der Waals surface area (Å²) in [6.45, 7) is 14.7. The van der Waals surface area contributed by atoms with Crippen LogP contribution in [0.3, 0.4) is 0 Å². The molecule has 176 valence electrons. The molecule has 0 heterocycles. The topological polar surface area (TPSA) is 37.3 Å². The van der Waals surface area contributed by atoms with Crippen LogP contribution in [0.25, 0.3) is 0 Å². The fourth-order valence-electron chi connectivity index (χ4n) is 9.27. The molecular formula is C29H48O2. The van der Waals surface area contributed by atoms with Gasteiger partial charge in [0.05, 0.1) is 6.10 Å². The van der Waals surface area contributed by atoms with Crippen molar-refractivity contribution in [3.8, 4) is 0 Å². The summed E-state index contributed by atoms with van der Waals surface area (Å²) < 4.78 is 0. The van der Waals surface area contributed by atoms with Gasteiger partial charge in [-0.1, -0.05) is 54.4 Å². The summed E-state index contributed by atoms with van der Waals surface area (Å²) in [6.07, 6.45) is 13.4. The molecule has 2 heteroatoms. The number of carbonyl (C=O) groups excluding carboxylic acids is 1. The van der Waals surface area contributed by atoms with Crippen LogP contribution in [0.15, 0.2) is 11.6 Å². The number of hydrogen-bond donors (Lipinski definition) is 1. The first-order chi connectivity index (χ1) is 14.6. The van der Waals surface area contributed by atoms with Crippen molar-refractivity contribution in [3.63, 3.8) is 0 Å². The van der Waals surface area contributed by atoms with E-state index in [0.29, 0.717) is 23.7 Å². The van der Waals surface area contributed by atoms with E-state index in [2.05, 4.69) is 41.5 Å².